The normalized spacial score (nSPS) is 16.4. The molecule has 0 unspecified atom stereocenters. The number of nitrogens with one attached hydrogen (secondary N) is 2. The summed E-state index contributed by atoms with van der Waals surface area (Å²) in [5, 5.41) is 10.8. The van der Waals surface area contributed by atoms with E-state index < -0.39 is 0 Å². The van der Waals surface area contributed by atoms with E-state index in [1.165, 1.54) is 6.07 Å². The number of rotatable bonds is 7. The molecule has 2 heterocycles. The van der Waals surface area contributed by atoms with Crippen LogP contribution in [0.2, 0.25) is 0 Å². The second-order valence-electron chi connectivity index (χ2n) is 7.99. The number of nitrogens with zero attached hydrogens (tertiary/aromatic N) is 3. The molecule has 158 valence electrons. The van der Waals surface area contributed by atoms with Crippen LogP contribution < -0.4 is 10.6 Å². The van der Waals surface area contributed by atoms with Gasteiger partial charge in [-0.3, -0.25) is 9.89 Å². The standard InChI is InChI=1S/C22H32FN5O/c1-16(2)21-12-19(29-27-21)14-26-22(24-3)25-13-17-8-10-28(11-9-17)15-18-6-4-5-7-20(18)23/h4-7,12,16-17H,8-11,13-15H2,1-3H3,(H2,24,25,26). The van der Waals surface area contributed by atoms with Crippen LogP contribution in [0.4, 0.5) is 4.39 Å². The third-order valence-corrected chi connectivity index (χ3v) is 5.44. The van der Waals surface area contributed by atoms with Crippen LogP contribution in [0.25, 0.3) is 0 Å². The highest BCUT2D eigenvalue weighted by atomic mass is 19.1. The molecule has 1 saturated heterocycles. The molecular weight excluding hydrogens is 369 g/mol. The van der Waals surface area contributed by atoms with E-state index in [-0.39, 0.29) is 5.82 Å². The maximum absolute atomic E-state index is 13.8. The smallest absolute Gasteiger partial charge is 0.191 e. The summed E-state index contributed by atoms with van der Waals surface area (Å²) in [6.07, 6.45) is 2.19. The number of piperidine rings is 1. The van der Waals surface area contributed by atoms with Crippen LogP contribution in [0.15, 0.2) is 39.8 Å². The zero-order valence-corrected chi connectivity index (χ0v) is 17.6. The third-order valence-electron chi connectivity index (χ3n) is 5.44. The molecule has 0 amide bonds. The lowest BCUT2D eigenvalue weighted by atomic mass is 9.96. The summed E-state index contributed by atoms with van der Waals surface area (Å²) < 4.78 is 19.2. The molecule has 2 aromatic rings. The minimum atomic E-state index is -0.113. The molecule has 1 aliphatic rings. The molecule has 0 atom stereocenters. The van der Waals surface area contributed by atoms with Crippen molar-refractivity contribution in [1.82, 2.24) is 20.7 Å². The molecule has 1 aliphatic heterocycles. The van der Waals surface area contributed by atoms with E-state index in [0.29, 0.717) is 24.9 Å². The second-order valence-corrected chi connectivity index (χ2v) is 7.99. The number of guanidine groups is 1. The van der Waals surface area contributed by atoms with Gasteiger partial charge in [0.05, 0.1) is 12.2 Å². The first-order valence-corrected chi connectivity index (χ1v) is 10.4. The molecule has 1 aromatic carbocycles. The zero-order chi connectivity index (χ0) is 20.6. The Labute approximate surface area is 172 Å². The predicted octanol–water partition coefficient (Wildman–Crippen LogP) is 3.51. The molecular formula is C22H32FN5O. The topological polar surface area (TPSA) is 65.7 Å². The molecule has 29 heavy (non-hydrogen) atoms. The maximum atomic E-state index is 13.8. The molecule has 0 bridgehead atoms. The van der Waals surface area contributed by atoms with Crippen molar-refractivity contribution < 1.29 is 8.91 Å². The predicted molar refractivity (Wildman–Crippen MR) is 113 cm³/mol. The molecule has 2 N–H and O–H groups in total. The zero-order valence-electron chi connectivity index (χ0n) is 17.6. The summed E-state index contributed by atoms with van der Waals surface area (Å²) in [5.41, 5.74) is 1.74. The molecule has 0 spiro atoms. The van der Waals surface area contributed by atoms with E-state index in [2.05, 4.69) is 39.5 Å². The Hall–Kier alpha value is -2.41. The quantitative estimate of drug-likeness (QED) is 0.549. The summed E-state index contributed by atoms with van der Waals surface area (Å²) in [6, 6.07) is 9.03. The van der Waals surface area contributed by atoms with Crippen LogP contribution in [-0.4, -0.2) is 42.7 Å². The lowest BCUT2D eigenvalue weighted by molar-refractivity contribution is 0.176. The summed E-state index contributed by atoms with van der Waals surface area (Å²) in [4.78, 5) is 6.62. The van der Waals surface area contributed by atoms with Gasteiger partial charge >= 0.3 is 0 Å². The van der Waals surface area contributed by atoms with E-state index in [0.717, 1.165) is 55.5 Å². The average Bonchev–Trinajstić information content (AvgIpc) is 3.20. The Morgan fingerprint density at radius 3 is 2.69 bits per heavy atom. The fraction of sp³-hybridized carbons (Fsp3) is 0.545. The van der Waals surface area contributed by atoms with Gasteiger partial charge in [0.1, 0.15) is 5.82 Å². The van der Waals surface area contributed by atoms with Gasteiger partial charge in [0.15, 0.2) is 11.7 Å². The molecule has 6 nitrogen and oxygen atoms in total. The maximum Gasteiger partial charge on any atom is 0.191 e. The number of aliphatic imine (C=N–C) groups is 1. The summed E-state index contributed by atoms with van der Waals surface area (Å²) in [7, 11) is 1.77. The first kappa shape index (κ1) is 21.3. The van der Waals surface area contributed by atoms with E-state index in [1.54, 1.807) is 13.1 Å². The molecule has 0 saturated carbocycles. The Morgan fingerprint density at radius 2 is 2.03 bits per heavy atom. The van der Waals surface area contributed by atoms with Gasteiger partial charge in [-0.05, 0) is 43.8 Å². The number of likely N-dealkylation sites (tertiary alicyclic amines) is 1. The lowest BCUT2D eigenvalue weighted by Crippen LogP contribution is -2.42. The number of hydrogen-bond donors (Lipinski definition) is 2. The van der Waals surface area contributed by atoms with Crippen molar-refractivity contribution in [2.75, 3.05) is 26.7 Å². The molecule has 1 fully saturated rings. The number of benzene rings is 1. The number of halogens is 1. The fourth-order valence-electron chi connectivity index (χ4n) is 3.53. The summed E-state index contributed by atoms with van der Waals surface area (Å²) >= 11 is 0. The highest BCUT2D eigenvalue weighted by molar-refractivity contribution is 5.79. The van der Waals surface area contributed by atoms with Crippen molar-refractivity contribution in [3.05, 3.63) is 53.2 Å². The van der Waals surface area contributed by atoms with Crippen LogP contribution in [0.3, 0.4) is 0 Å². The monoisotopic (exact) mass is 401 g/mol. The van der Waals surface area contributed by atoms with E-state index >= 15 is 0 Å². The minimum Gasteiger partial charge on any atom is -0.359 e. The second kappa shape index (κ2) is 10.4. The van der Waals surface area contributed by atoms with Gasteiger partial charge in [-0.25, -0.2) is 4.39 Å². The molecule has 3 rings (SSSR count). The fourth-order valence-corrected chi connectivity index (χ4v) is 3.53. The van der Waals surface area contributed by atoms with Crippen molar-refractivity contribution >= 4 is 5.96 Å². The van der Waals surface area contributed by atoms with Gasteiger partial charge in [-0.15, -0.1) is 0 Å². The highest BCUT2D eigenvalue weighted by Gasteiger charge is 2.20. The minimum absolute atomic E-state index is 0.113. The van der Waals surface area contributed by atoms with Gasteiger partial charge in [-0.1, -0.05) is 37.2 Å². The number of hydrogen-bond acceptors (Lipinski definition) is 4. The van der Waals surface area contributed by atoms with Crippen molar-refractivity contribution in [1.29, 1.82) is 0 Å². The SMILES string of the molecule is CN=C(NCc1cc(C(C)C)no1)NCC1CCN(Cc2ccccc2F)CC1. The van der Waals surface area contributed by atoms with Crippen LogP contribution in [-0.2, 0) is 13.1 Å². The Kier molecular flexibility index (Phi) is 7.63. The first-order chi connectivity index (χ1) is 14.0. The van der Waals surface area contributed by atoms with Crippen molar-refractivity contribution in [2.24, 2.45) is 10.9 Å². The molecule has 0 aliphatic carbocycles. The largest absolute Gasteiger partial charge is 0.359 e. The van der Waals surface area contributed by atoms with Crippen LogP contribution in [0.5, 0.6) is 0 Å². The van der Waals surface area contributed by atoms with Crippen molar-refractivity contribution in [3.8, 4) is 0 Å². The third kappa shape index (κ3) is 6.29. The van der Waals surface area contributed by atoms with E-state index in [1.807, 2.05) is 18.2 Å². The summed E-state index contributed by atoms with van der Waals surface area (Å²) in [5.74, 6) is 2.40. The van der Waals surface area contributed by atoms with Gasteiger partial charge in [-0.2, -0.15) is 0 Å². The van der Waals surface area contributed by atoms with Gasteiger partial charge in [0, 0.05) is 31.8 Å². The summed E-state index contributed by atoms with van der Waals surface area (Å²) in [6.45, 7) is 8.28. The van der Waals surface area contributed by atoms with Crippen molar-refractivity contribution in [3.63, 3.8) is 0 Å². The van der Waals surface area contributed by atoms with Gasteiger partial charge < -0.3 is 15.2 Å². The Balaban J connectivity index is 1.37. The Morgan fingerprint density at radius 1 is 1.28 bits per heavy atom. The first-order valence-electron chi connectivity index (χ1n) is 10.4. The van der Waals surface area contributed by atoms with E-state index in [9.17, 15) is 4.39 Å². The molecule has 1 aromatic heterocycles. The lowest BCUT2D eigenvalue weighted by Gasteiger charge is -2.32. The van der Waals surface area contributed by atoms with Gasteiger partial charge in [0.25, 0.3) is 0 Å². The number of aromatic nitrogens is 1. The average molecular weight is 402 g/mol. The van der Waals surface area contributed by atoms with Crippen LogP contribution >= 0.6 is 0 Å². The van der Waals surface area contributed by atoms with Gasteiger partial charge in [0.2, 0.25) is 0 Å². The molecule has 7 heteroatoms. The van der Waals surface area contributed by atoms with Crippen LogP contribution in [0, 0.1) is 11.7 Å². The highest BCUT2D eigenvalue weighted by Crippen LogP contribution is 2.19. The van der Waals surface area contributed by atoms with Crippen molar-refractivity contribution in [2.45, 2.75) is 45.7 Å². The molecule has 0 radical (unpaired) electrons. The van der Waals surface area contributed by atoms with Crippen LogP contribution in [0.1, 0.15) is 49.6 Å². The Bertz CT molecular complexity index is 796. The van der Waals surface area contributed by atoms with E-state index in [4.69, 9.17) is 4.52 Å².